The first kappa shape index (κ1) is 20.8. The summed E-state index contributed by atoms with van der Waals surface area (Å²) in [6.07, 6.45) is -0.140. The number of nitrogens with zero attached hydrogens (tertiary/aromatic N) is 2. The molecule has 166 valence electrons. The van der Waals surface area contributed by atoms with Gasteiger partial charge in [-0.2, -0.15) is 0 Å². The number of esters is 1. The molecule has 1 unspecified atom stereocenters. The van der Waals surface area contributed by atoms with Crippen LogP contribution in [0.5, 0.6) is 0 Å². The maximum Gasteiger partial charge on any atom is 0.343 e. The lowest BCUT2D eigenvalue weighted by atomic mass is 9.86. The lowest BCUT2D eigenvalue weighted by Gasteiger charge is -2.32. The van der Waals surface area contributed by atoms with Crippen LogP contribution in [0, 0.1) is 0 Å². The van der Waals surface area contributed by atoms with Gasteiger partial charge in [0.2, 0.25) is 0 Å². The van der Waals surface area contributed by atoms with E-state index in [9.17, 15) is 19.1 Å². The molecule has 8 heteroatoms. The molecule has 0 saturated heterocycles. The number of pyridine rings is 2. The Morgan fingerprint density at radius 2 is 2.09 bits per heavy atom. The Labute approximate surface area is 183 Å². The number of carbonyl (C=O) groups excluding carboxylic acids is 1. The van der Waals surface area contributed by atoms with Crippen LogP contribution in [0.2, 0.25) is 0 Å². The van der Waals surface area contributed by atoms with E-state index in [-0.39, 0.29) is 30.8 Å². The lowest BCUT2D eigenvalue weighted by Crippen LogP contribution is -2.44. The van der Waals surface area contributed by atoms with Crippen LogP contribution < -0.4 is 5.56 Å². The van der Waals surface area contributed by atoms with Gasteiger partial charge in [-0.05, 0) is 30.5 Å². The minimum absolute atomic E-state index is 0.0573. The zero-order valence-electron chi connectivity index (χ0n) is 17.9. The van der Waals surface area contributed by atoms with Crippen LogP contribution in [0.15, 0.2) is 35.1 Å². The number of alkyl halides is 1. The molecule has 4 heterocycles. The van der Waals surface area contributed by atoms with Gasteiger partial charge in [0, 0.05) is 16.5 Å². The van der Waals surface area contributed by atoms with Crippen LogP contribution in [0.1, 0.15) is 48.8 Å². The van der Waals surface area contributed by atoms with Gasteiger partial charge >= 0.3 is 5.97 Å². The van der Waals surface area contributed by atoms with Gasteiger partial charge in [-0.25, -0.2) is 14.2 Å². The van der Waals surface area contributed by atoms with Crippen molar-refractivity contribution in [1.82, 2.24) is 9.55 Å². The fraction of sp³-hybridized carbons (Fsp3) is 0.375. The Balaban J connectivity index is 1.87. The molecule has 3 aromatic rings. The summed E-state index contributed by atoms with van der Waals surface area (Å²) in [6.45, 7) is 2.54. The SMILES string of the molecule is CCc1c2c(nc3ccccc13)-c1cc3c(c(=O)n1C2OCCF)COC(=O)[C@]3(O)CC. The molecule has 1 N–H and O–H groups in total. The molecule has 2 aromatic heterocycles. The van der Waals surface area contributed by atoms with Crippen molar-refractivity contribution in [2.24, 2.45) is 0 Å². The molecule has 2 atom stereocenters. The van der Waals surface area contributed by atoms with E-state index in [0.29, 0.717) is 23.4 Å². The van der Waals surface area contributed by atoms with Gasteiger partial charge in [0.15, 0.2) is 11.8 Å². The molecule has 7 nitrogen and oxygen atoms in total. The smallest absolute Gasteiger partial charge is 0.343 e. The van der Waals surface area contributed by atoms with Crippen LogP contribution in [0.3, 0.4) is 0 Å². The average Bonchev–Trinajstić information content (AvgIpc) is 3.12. The lowest BCUT2D eigenvalue weighted by molar-refractivity contribution is -0.172. The van der Waals surface area contributed by atoms with Crippen molar-refractivity contribution in [2.75, 3.05) is 13.3 Å². The van der Waals surface area contributed by atoms with E-state index in [4.69, 9.17) is 14.5 Å². The Kier molecular flexibility index (Phi) is 4.87. The molecule has 2 aliphatic heterocycles. The summed E-state index contributed by atoms with van der Waals surface area (Å²) in [5, 5.41) is 12.0. The van der Waals surface area contributed by atoms with Gasteiger partial charge in [0.1, 0.15) is 13.3 Å². The molecule has 32 heavy (non-hydrogen) atoms. The molecule has 0 amide bonds. The number of aliphatic hydroxyl groups is 1. The Morgan fingerprint density at radius 3 is 2.81 bits per heavy atom. The number of hydrogen-bond acceptors (Lipinski definition) is 6. The molecule has 0 fully saturated rings. The van der Waals surface area contributed by atoms with Gasteiger partial charge in [-0.1, -0.05) is 32.0 Å². The molecular formula is C24H23FN2O5. The molecule has 0 saturated carbocycles. The first-order valence-electron chi connectivity index (χ1n) is 10.7. The standard InChI is InChI=1S/C24H23FN2O5/c1-3-13-14-7-5-6-8-17(14)26-20-18-11-16-15(12-32-23(29)24(16,30)4-2)21(28)27(18)22(19(13)20)31-10-9-25/h5-8,11,22,30H,3-4,9-10,12H2,1-2H3/t22?,24-/m0/s1. The molecule has 5 rings (SSSR count). The van der Waals surface area contributed by atoms with Crippen LogP contribution in [-0.4, -0.2) is 33.9 Å². The number of para-hydroxylation sites is 1. The van der Waals surface area contributed by atoms with Crippen molar-refractivity contribution in [3.63, 3.8) is 0 Å². The first-order chi connectivity index (χ1) is 15.5. The highest BCUT2D eigenvalue weighted by Crippen LogP contribution is 2.45. The van der Waals surface area contributed by atoms with Gasteiger partial charge in [-0.3, -0.25) is 9.36 Å². The van der Waals surface area contributed by atoms with Crippen LogP contribution in [-0.2, 0) is 32.9 Å². The van der Waals surface area contributed by atoms with Gasteiger partial charge in [0.25, 0.3) is 5.56 Å². The number of rotatable bonds is 5. The van der Waals surface area contributed by atoms with E-state index in [0.717, 1.165) is 16.5 Å². The number of ether oxygens (including phenoxy) is 2. The van der Waals surface area contributed by atoms with Crippen molar-refractivity contribution >= 4 is 16.9 Å². The molecule has 0 aliphatic carbocycles. The van der Waals surface area contributed by atoms with Crippen molar-refractivity contribution in [3.8, 4) is 11.4 Å². The summed E-state index contributed by atoms with van der Waals surface area (Å²) < 4.78 is 25.5. The maximum atomic E-state index is 13.6. The quantitative estimate of drug-likeness (QED) is 0.616. The fourth-order valence-corrected chi connectivity index (χ4v) is 4.87. The predicted octanol–water partition coefficient (Wildman–Crippen LogP) is 3.13. The van der Waals surface area contributed by atoms with Crippen molar-refractivity contribution in [1.29, 1.82) is 0 Å². The number of cyclic esters (lactones) is 1. The highest BCUT2D eigenvalue weighted by Gasteiger charge is 2.46. The second-order valence-corrected chi connectivity index (χ2v) is 8.02. The number of halogens is 1. The first-order valence-corrected chi connectivity index (χ1v) is 10.7. The van der Waals surface area contributed by atoms with E-state index in [1.807, 2.05) is 31.2 Å². The highest BCUT2D eigenvalue weighted by atomic mass is 19.1. The van der Waals surface area contributed by atoms with Crippen LogP contribution in [0.25, 0.3) is 22.3 Å². The summed E-state index contributed by atoms with van der Waals surface area (Å²) in [7, 11) is 0. The molecule has 0 radical (unpaired) electrons. The fourth-order valence-electron chi connectivity index (χ4n) is 4.87. The van der Waals surface area contributed by atoms with E-state index in [1.165, 1.54) is 4.57 Å². The monoisotopic (exact) mass is 438 g/mol. The number of carbonyl (C=O) groups is 1. The Hall–Kier alpha value is -3.10. The van der Waals surface area contributed by atoms with Crippen molar-refractivity contribution < 1.29 is 23.8 Å². The number of fused-ring (bicyclic) bond motifs is 5. The average molecular weight is 438 g/mol. The van der Waals surface area contributed by atoms with Crippen LogP contribution in [0.4, 0.5) is 4.39 Å². The highest BCUT2D eigenvalue weighted by molar-refractivity contribution is 5.89. The van der Waals surface area contributed by atoms with Crippen molar-refractivity contribution in [3.05, 3.63) is 62.9 Å². The zero-order chi connectivity index (χ0) is 22.6. The summed E-state index contributed by atoms with van der Waals surface area (Å²) in [4.78, 5) is 30.8. The zero-order valence-corrected chi connectivity index (χ0v) is 17.9. The molecule has 2 aliphatic rings. The third kappa shape index (κ3) is 2.69. The van der Waals surface area contributed by atoms with E-state index in [2.05, 4.69) is 0 Å². The van der Waals surface area contributed by atoms with Crippen LogP contribution >= 0.6 is 0 Å². The predicted molar refractivity (Wildman–Crippen MR) is 115 cm³/mol. The second kappa shape index (κ2) is 7.50. The Morgan fingerprint density at radius 1 is 1.31 bits per heavy atom. The molecule has 1 aromatic carbocycles. The van der Waals surface area contributed by atoms with Gasteiger partial charge < -0.3 is 14.6 Å². The van der Waals surface area contributed by atoms with E-state index < -0.39 is 30.0 Å². The third-order valence-corrected chi connectivity index (χ3v) is 6.46. The van der Waals surface area contributed by atoms with E-state index in [1.54, 1.807) is 13.0 Å². The number of hydrogen-bond donors (Lipinski definition) is 1. The largest absolute Gasteiger partial charge is 0.458 e. The minimum Gasteiger partial charge on any atom is -0.458 e. The maximum absolute atomic E-state index is 13.6. The molecule has 0 bridgehead atoms. The van der Waals surface area contributed by atoms with Gasteiger partial charge in [0.05, 0.1) is 29.1 Å². The minimum atomic E-state index is -1.91. The number of benzene rings is 1. The third-order valence-electron chi connectivity index (χ3n) is 6.46. The molecular weight excluding hydrogens is 415 g/mol. The summed E-state index contributed by atoms with van der Waals surface area (Å²) in [5.74, 6) is -0.777. The summed E-state index contributed by atoms with van der Waals surface area (Å²) in [6, 6.07) is 9.31. The Bertz CT molecular complexity index is 1320. The number of aromatic nitrogens is 2. The van der Waals surface area contributed by atoms with E-state index >= 15 is 0 Å². The normalized spacial score (nSPS) is 21.2. The van der Waals surface area contributed by atoms with Crippen molar-refractivity contribution in [2.45, 2.75) is 45.1 Å². The number of aryl methyl sites for hydroxylation is 1. The summed E-state index contributed by atoms with van der Waals surface area (Å²) >= 11 is 0. The summed E-state index contributed by atoms with van der Waals surface area (Å²) in [5.41, 5.74) is 1.50. The molecule has 0 spiro atoms. The topological polar surface area (TPSA) is 90.7 Å². The van der Waals surface area contributed by atoms with Gasteiger partial charge in [-0.15, -0.1) is 0 Å². The second-order valence-electron chi connectivity index (χ2n) is 8.02.